The first-order chi connectivity index (χ1) is 12.9. The molecule has 4 rings (SSSR count). The Bertz CT molecular complexity index is 995. The molecule has 9 heteroatoms. The predicted octanol–water partition coefficient (Wildman–Crippen LogP) is 1.70. The quantitative estimate of drug-likeness (QED) is 0.641. The molecule has 3 aromatic heterocycles. The van der Waals surface area contributed by atoms with Gasteiger partial charge in [-0.25, -0.2) is 9.37 Å². The maximum atomic E-state index is 14.1. The molecule has 0 saturated carbocycles. The summed E-state index contributed by atoms with van der Waals surface area (Å²) in [6, 6.07) is 1.25. The van der Waals surface area contributed by atoms with Crippen LogP contribution in [-0.4, -0.2) is 55.2 Å². The minimum Gasteiger partial charge on any atom is -0.231 e. The molecule has 1 saturated heterocycles. The minimum atomic E-state index is -0.499. The molecule has 1 unspecified atom stereocenters. The molecule has 1 amide bonds. The minimum absolute atomic E-state index is 0.186. The second kappa shape index (κ2) is 6.92. The third kappa shape index (κ3) is 3.54. The molecular formula is C18H20AsFN6O. The number of amides is 1. The molecule has 0 aromatic carbocycles. The molecule has 1 fully saturated rings. The van der Waals surface area contributed by atoms with Crippen LogP contribution in [0.1, 0.15) is 23.1 Å². The number of halogens is 1. The third-order valence-corrected chi connectivity index (χ3v) is 6.57. The molecule has 27 heavy (non-hydrogen) atoms. The zero-order chi connectivity index (χ0) is 19.1. The van der Waals surface area contributed by atoms with Gasteiger partial charge in [0.1, 0.15) is 0 Å². The Kier molecular flexibility index (Phi) is 4.60. The number of aromatic nitrogens is 4. The second-order valence-corrected chi connectivity index (χ2v) is 8.75. The molecule has 1 aliphatic heterocycles. The van der Waals surface area contributed by atoms with Crippen molar-refractivity contribution in [3.05, 3.63) is 48.1 Å². The van der Waals surface area contributed by atoms with Gasteiger partial charge < -0.3 is 0 Å². The number of carbonyl (C=O) groups excluding carboxylic acids is 1. The van der Waals surface area contributed by atoms with Gasteiger partial charge in [-0.2, -0.15) is 0 Å². The molecule has 140 valence electrons. The SMILES string of the molecule is Cc1cn2cc(NC(=O)c3cnc(N4C[C@@H](C)[C@H]([AsH2])C4)cn3)cc(F)c2n1. The summed E-state index contributed by atoms with van der Waals surface area (Å²) < 4.78 is 16.3. The third-order valence-electron chi connectivity index (χ3n) is 4.75. The zero-order valence-corrected chi connectivity index (χ0v) is 17.5. The van der Waals surface area contributed by atoms with Crippen molar-refractivity contribution in [3.63, 3.8) is 0 Å². The number of pyridine rings is 1. The molecule has 4 heterocycles. The molecule has 3 aromatic rings. The van der Waals surface area contributed by atoms with Crippen molar-refractivity contribution < 1.29 is 9.18 Å². The van der Waals surface area contributed by atoms with Gasteiger partial charge in [0.2, 0.25) is 0 Å². The first-order valence-corrected chi connectivity index (χ1v) is 10.1. The van der Waals surface area contributed by atoms with Crippen molar-refractivity contribution >= 4 is 39.9 Å². The summed E-state index contributed by atoms with van der Waals surface area (Å²) in [6.07, 6.45) is 6.39. The van der Waals surface area contributed by atoms with Crippen molar-refractivity contribution in [3.8, 4) is 0 Å². The molecular weight excluding hydrogens is 410 g/mol. The van der Waals surface area contributed by atoms with E-state index in [0.29, 0.717) is 22.0 Å². The van der Waals surface area contributed by atoms with E-state index in [1.807, 2.05) is 0 Å². The van der Waals surface area contributed by atoms with Crippen molar-refractivity contribution in [2.45, 2.75) is 18.6 Å². The molecule has 7 nitrogen and oxygen atoms in total. The zero-order valence-electron chi connectivity index (χ0n) is 15.1. The first-order valence-electron chi connectivity index (χ1n) is 8.69. The van der Waals surface area contributed by atoms with Gasteiger partial charge in [-0.1, -0.05) is 0 Å². The summed E-state index contributed by atoms with van der Waals surface area (Å²) in [6.45, 7) is 5.93. The summed E-state index contributed by atoms with van der Waals surface area (Å²) >= 11 is 1.74. The van der Waals surface area contributed by atoms with E-state index in [2.05, 4.69) is 32.1 Å². The summed E-state index contributed by atoms with van der Waals surface area (Å²) in [5.74, 6) is 0.476. The molecule has 1 aliphatic rings. The van der Waals surface area contributed by atoms with Gasteiger partial charge in [-0.15, -0.1) is 0 Å². The Morgan fingerprint density at radius 3 is 2.78 bits per heavy atom. The van der Waals surface area contributed by atoms with E-state index in [1.165, 1.54) is 12.3 Å². The summed E-state index contributed by atoms with van der Waals surface area (Å²) in [7, 11) is 0. The van der Waals surface area contributed by atoms with Crippen LogP contribution in [0, 0.1) is 18.7 Å². The topological polar surface area (TPSA) is 75.4 Å². The Morgan fingerprint density at radius 2 is 2.11 bits per heavy atom. The fourth-order valence-electron chi connectivity index (χ4n) is 3.22. The number of carbonyl (C=O) groups is 1. The monoisotopic (exact) mass is 430 g/mol. The standard InChI is InChI=1S/C18H20AsFN6O/c1-10-6-25(9-13(10)19)16-5-21-15(4-22-16)18(27)24-12-3-14(20)17-23-11(2)7-26(17)8-12/h3-5,7-8,10,13H,6,9,19H2,1-2H3,(H,24,27)/t10-,13-/m1/s1. The average Bonchev–Trinajstić information content (AvgIpc) is 3.17. The van der Waals surface area contributed by atoms with Gasteiger partial charge in [-0.3, -0.25) is 0 Å². The Labute approximate surface area is 164 Å². The van der Waals surface area contributed by atoms with Gasteiger partial charge in [0.25, 0.3) is 0 Å². The predicted molar refractivity (Wildman–Crippen MR) is 104 cm³/mol. The van der Waals surface area contributed by atoms with Gasteiger partial charge >= 0.3 is 130 Å². The van der Waals surface area contributed by atoms with Gasteiger partial charge in [-0.05, 0) is 6.92 Å². The van der Waals surface area contributed by atoms with Crippen molar-refractivity contribution in [1.29, 1.82) is 0 Å². The van der Waals surface area contributed by atoms with E-state index in [-0.39, 0.29) is 11.3 Å². The van der Waals surface area contributed by atoms with E-state index in [1.54, 1.807) is 46.8 Å². The van der Waals surface area contributed by atoms with Crippen LogP contribution in [0.4, 0.5) is 15.9 Å². The Balaban J connectivity index is 1.50. The molecule has 0 bridgehead atoms. The molecule has 0 aliphatic carbocycles. The van der Waals surface area contributed by atoms with Crippen LogP contribution < -0.4 is 10.2 Å². The van der Waals surface area contributed by atoms with Crippen LogP contribution in [0.5, 0.6) is 0 Å². The number of nitrogens with zero attached hydrogens (tertiary/aromatic N) is 5. The van der Waals surface area contributed by atoms with E-state index in [4.69, 9.17) is 0 Å². The molecule has 0 radical (unpaired) electrons. The van der Waals surface area contributed by atoms with Crippen LogP contribution >= 0.6 is 0 Å². The van der Waals surface area contributed by atoms with Gasteiger partial charge in [0.15, 0.2) is 5.65 Å². The van der Waals surface area contributed by atoms with E-state index in [9.17, 15) is 9.18 Å². The van der Waals surface area contributed by atoms with Crippen LogP contribution in [0.25, 0.3) is 5.65 Å². The number of imidazole rings is 1. The summed E-state index contributed by atoms with van der Waals surface area (Å²) in [5, 5.41) is 2.66. The molecule has 0 spiro atoms. The number of hydrogen-bond acceptors (Lipinski definition) is 5. The van der Waals surface area contributed by atoms with Crippen LogP contribution in [0.2, 0.25) is 4.71 Å². The van der Waals surface area contributed by atoms with Crippen molar-refractivity contribution in [1.82, 2.24) is 19.4 Å². The van der Waals surface area contributed by atoms with E-state index >= 15 is 0 Å². The number of anilines is 2. The molecule has 1 N–H and O–H groups in total. The number of fused-ring (bicyclic) bond motifs is 1. The van der Waals surface area contributed by atoms with Gasteiger partial charge in [0.05, 0.1) is 5.69 Å². The Morgan fingerprint density at radius 1 is 1.30 bits per heavy atom. The van der Waals surface area contributed by atoms with E-state index < -0.39 is 11.7 Å². The fraction of sp³-hybridized carbons (Fsp3) is 0.333. The van der Waals surface area contributed by atoms with Crippen LogP contribution in [0.15, 0.2) is 30.9 Å². The summed E-state index contributed by atoms with van der Waals surface area (Å²) in [4.78, 5) is 27.3. The first kappa shape index (κ1) is 17.9. The van der Waals surface area contributed by atoms with Gasteiger partial charge in [0, 0.05) is 6.20 Å². The van der Waals surface area contributed by atoms with Crippen molar-refractivity contribution in [2.24, 2.45) is 5.92 Å². The summed E-state index contributed by atoms with van der Waals surface area (Å²) in [5.41, 5.74) is 1.44. The normalized spacial score (nSPS) is 19.6. The van der Waals surface area contributed by atoms with Crippen LogP contribution in [0.3, 0.4) is 0 Å². The Hall–Kier alpha value is -2.47. The number of aryl methyl sites for hydroxylation is 1. The number of nitrogens with one attached hydrogen (secondary N) is 1. The molecule has 3 atom stereocenters. The average molecular weight is 430 g/mol. The van der Waals surface area contributed by atoms with E-state index in [0.717, 1.165) is 18.9 Å². The number of rotatable bonds is 3. The second-order valence-electron chi connectivity index (χ2n) is 6.95. The fourth-order valence-corrected chi connectivity index (χ4v) is 4.01. The maximum absolute atomic E-state index is 14.1. The number of hydrogen-bond donors (Lipinski definition) is 1. The van der Waals surface area contributed by atoms with Crippen LogP contribution in [-0.2, 0) is 0 Å². The smallest absolute Gasteiger partial charge is 0.231 e. The van der Waals surface area contributed by atoms with Crippen molar-refractivity contribution in [2.75, 3.05) is 23.3 Å².